The molecule has 0 unspecified atom stereocenters. The fourth-order valence-corrected chi connectivity index (χ4v) is 5.17. The van der Waals surface area contributed by atoms with E-state index in [0.717, 1.165) is 43.4 Å². The molecule has 4 aliphatic rings. The average molecular weight is 309 g/mol. The van der Waals surface area contributed by atoms with Gasteiger partial charge in [-0.15, -0.1) is 0 Å². The van der Waals surface area contributed by atoms with Crippen molar-refractivity contribution in [1.82, 2.24) is 4.90 Å². The van der Waals surface area contributed by atoms with E-state index in [9.17, 15) is 9.90 Å². The van der Waals surface area contributed by atoms with Crippen molar-refractivity contribution < 1.29 is 14.6 Å². The van der Waals surface area contributed by atoms with Crippen LogP contribution in [0.1, 0.15) is 65.7 Å². The summed E-state index contributed by atoms with van der Waals surface area (Å²) in [6, 6.07) is 0. The Morgan fingerprint density at radius 3 is 2.09 bits per heavy atom. The normalized spacial score (nSPS) is 36.6. The van der Waals surface area contributed by atoms with Crippen LogP contribution in [-0.2, 0) is 9.53 Å². The first kappa shape index (κ1) is 16.3. The van der Waals surface area contributed by atoms with Gasteiger partial charge in [0.15, 0.2) is 0 Å². The second-order valence-electron chi connectivity index (χ2n) is 8.60. The highest BCUT2D eigenvalue weighted by atomic mass is 16.5. The van der Waals surface area contributed by atoms with Crippen LogP contribution in [0.5, 0.6) is 0 Å². The van der Waals surface area contributed by atoms with Gasteiger partial charge < -0.3 is 9.84 Å². The number of amides is 1. The summed E-state index contributed by atoms with van der Waals surface area (Å²) in [5.41, 5.74) is -0.452. The Hall–Kier alpha value is -0.610. The number of ether oxygens (including phenoxy) is 1. The van der Waals surface area contributed by atoms with Gasteiger partial charge in [0.2, 0.25) is 5.91 Å². The van der Waals surface area contributed by atoms with Crippen molar-refractivity contribution in [2.75, 3.05) is 13.5 Å². The first-order chi connectivity index (χ1) is 10.4. The predicted molar refractivity (Wildman–Crippen MR) is 84.9 cm³/mol. The van der Waals surface area contributed by atoms with E-state index >= 15 is 0 Å². The molecule has 4 nitrogen and oxygen atoms in total. The lowest BCUT2D eigenvalue weighted by atomic mass is 9.54. The van der Waals surface area contributed by atoms with Gasteiger partial charge in [0.1, 0.15) is 13.5 Å². The SMILES string of the molecule is CCC(C)(C)C(=O)N(CO)COC12CC3CC(CC(C3)C1)C2. The van der Waals surface area contributed by atoms with E-state index in [-0.39, 0.29) is 25.0 Å². The third-order valence-corrected chi connectivity index (χ3v) is 6.43. The molecular formula is C18H31NO3. The van der Waals surface area contributed by atoms with Gasteiger partial charge in [-0.3, -0.25) is 9.69 Å². The monoisotopic (exact) mass is 309 g/mol. The van der Waals surface area contributed by atoms with Crippen LogP contribution in [0, 0.1) is 23.2 Å². The van der Waals surface area contributed by atoms with Crippen molar-refractivity contribution in [2.45, 2.75) is 71.3 Å². The van der Waals surface area contributed by atoms with Crippen LogP contribution < -0.4 is 0 Å². The van der Waals surface area contributed by atoms with E-state index in [0.29, 0.717) is 0 Å². The third-order valence-electron chi connectivity index (χ3n) is 6.43. The number of aliphatic hydroxyl groups is 1. The number of carbonyl (C=O) groups excluding carboxylic acids is 1. The van der Waals surface area contributed by atoms with E-state index in [4.69, 9.17) is 4.74 Å². The van der Waals surface area contributed by atoms with E-state index < -0.39 is 5.41 Å². The fraction of sp³-hybridized carbons (Fsp3) is 0.944. The maximum Gasteiger partial charge on any atom is 0.231 e. The van der Waals surface area contributed by atoms with Crippen LogP contribution in [-0.4, -0.2) is 35.0 Å². The van der Waals surface area contributed by atoms with Crippen LogP contribution in [0.4, 0.5) is 0 Å². The minimum atomic E-state index is -0.437. The molecular weight excluding hydrogens is 278 g/mol. The molecule has 0 atom stereocenters. The molecule has 4 fully saturated rings. The van der Waals surface area contributed by atoms with Gasteiger partial charge in [-0.05, 0) is 62.7 Å². The van der Waals surface area contributed by atoms with Gasteiger partial charge in [0, 0.05) is 5.41 Å². The number of hydrogen-bond acceptors (Lipinski definition) is 3. The van der Waals surface area contributed by atoms with Crippen LogP contribution in [0.25, 0.3) is 0 Å². The molecule has 0 saturated heterocycles. The first-order valence-electron chi connectivity index (χ1n) is 8.91. The Morgan fingerprint density at radius 2 is 1.68 bits per heavy atom. The molecule has 0 aromatic rings. The molecule has 0 aromatic carbocycles. The summed E-state index contributed by atoms with van der Waals surface area (Å²) in [5, 5.41) is 9.59. The van der Waals surface area contributed by atoms with Crippen LogP contribution in [0.2, 0.25) is 0 Å². The summed E-state index contributed by atoms with van der Waals surface area (Å²) in [7, 11) is 0. The molecule has 22 heavy (non-hydrogen) atoms. The molecule has 0 aliphatic heterocycles. The number of aliphatic hydroxyl groups excluding tert-OH is 1. The van der Waals surface area contributed by atoms with E-state index in [1.807, 2.05) is 20.8 Å². The van der Waals surface area contributed by atoms with Crippen LogP contribution >= 0.6 is 0 Å². The van der Waals surface area contributed by atoms with Crippen molar-refractivity contribution in [2.24, 2.45) is 23.2 Å². The lowest BCUT2D eigenvalue weighted by Gasteiger charge is -2.56. The summed E-state index contributed by atoms with van der Waals surface area (Å²) >= 11 is 0. The Labute approximate surface area is 134 Å². The smallest absolute Gasteiger partial charge is 0.231 e. The van der Waals surface area contributed by atoms with Crippen molar-refractivity contribution in [3.05, 3.63) is 0 Å². The van der Waals surface area contributed by atoms with Crippen molar-refractivity contribution in [1.29, 1.82) is 0 Å². The maximum absolute atomic E-state index is 12.5. The molecule has 126 valence electrons. The van der Waals surface area contributed by atoms with Gasteiger partial charge in [-0.1, -0.05) is 20.8 Å². The van der Waals surface area contributed by atoms with Crippen molar-refractivity contribution in [3.8, 4) is 0 Å². The molecule has 0 heterocycles. The quantitative estimate of drug-likeness (QED) is 0.767. The molecule has 4 aliphatic carbocycles. The second-order valence-corrected chi connectivity index (χ2v) is 8.60. The lowest BCUT2D eigenvalue weighted by Crippen LogP contribution is -2.54. The van der Waals surface area contributed by atoms with Gasteiger partial charge in [0.05, 0.1) is 5.60 Å². The number of rotatable bonds is 6. The molecule has 1 N–H and O–H groups in total. The average Bonchev–Trinajstić information content (AvgIpc) is 2.46. The Morgan fingerprint density at radius 1 is 1.18 bits per heavy atom. The standard InChI is InChI=1S/C18H31NO3/c1-4-17(2,3)16(21)19(11-20)12-22-18-8-13-5-14(9-18)7-15(6-13)10-18/h13-15,20H,4-12H2,1-3H3. The molecule has 0 radical (unpaired) electrons. The molecule has 4 rings (SSSR count). The molecule has 0 aromatic heterocycles. The minimum absolute atomic E-state index is 0.0118. The van der Waals surface area contributed by atoms with Gasteiger partial charge >= 0.3 is 0 Å². The van der Waals surface area contributed by atoms with Gasteiger partial charge in [-0.2, -0.15) is 0 Å². The number of carbonyl (C=O) groups is 1. The van der Waals surface area contributed by atoms with E-state index in [1.54, 1.807) is 0 Å². The van der Waals surface area contributed by atoms with E-state index in [2.05, 4.69) is 0 Å². The minimum Gasteiger partial charge on any atom is -0.376 e. The maximum atomic E-state index is 12.5. The van der Waals surface area contributed by atoms with Crippen LogP contribution in [0.3, 0.4) is 0 Å². The highest BCUT2D eigenvalue weighted by molar-refractivity contribution is 5.81. The van der Waals surface area contributed by atoms with E-state index in [1.165, 1.54) is 24.2 Å². The predicted octanol–water partition coefficient (Wildman–Crippen LogP) is 3.14. The number of hydrogen-bond donors (Lipinski definition) is 1. The summed E-state index contributed by atoms with van der Waals surface area (Å²) in [4.78, 5) is 14.0. The zero-order valence-corrected chi connectivity index (χ0v) is 14.3. The molecule has 4 heteroatoms. The number of nitrogens with zero attached hydrogens (tertiary/aromatic N) is 1. The molecule has 4 saturated carbocycles. The highest BCUT2D eigenvalue weighted by Crippen LogP contribution is 2.57. The second kappa shape index (κ2) is 5.79. The van der Waals surface area contributed by atoms with Gasteiger partial charge in [-0.25, -0.2) is 0 Å². The summed E-state index contributed by atoms with van der Waals surface area (Å²) in [5.74, 6) is 2.48. The summed E-state index contributed by atoms with van der Waals surface area (Å²) < 4.78 is 6.30. The fourth-order valence-electron chi connectivity index (χ4n) is 5.17. The summed E-state index contributed by atoms with van der Waals surface area (Å²) in [6.07, 6.45) is 8.38. The Balaban J connectivity index is 1.62. The third kappa shape index (κ3) is 2.92. The highest BCUT2D eigenvalue weighted by Gasteiger charge is 2.52. The van der Waals surface area contributed by atoms with Gasteiger partial charge in [0.25, 0.3) is 0 Å². The molecule has 1 amide bonds. The zero-order valence-electron chi connectivity index (χ0n) is 14.3. The molecule has 4 bridgehead atoms. The Kier molecular flexibility index (Phi) is 4.28. The Bertz CT molecular complexity index is 397. The zero-order chi connectivity index (χ0) is 16.0. The van der Waals surface area contributed by atoms with Crippen molar-refractivity contribution in [3.63, 3.8) is 0 Å². The first-order valence-corrected chi connectivity index (χ1v) is 8.91. The molecule has 0 spiro atoms. The van der Waals surface area contributed by atoms with Crippen molar-refractivity contribution >= 4 is 5.91 Å². The summed E-state index contributed by atoms with van der Waals surface area (Å²) in [6.45, 7) is 5.86. The lowest BCUT2D eigenvalue weighted by molar-refractivity contribution is -0.196. The largest absolute Gasteiger partial charge is 0.376 e. The van der Waals surface area contributed by atoms with Crippen LogP contribution in [0.15, 0.2) is 0 Å². The topological polar surface area (TPSA) is 49.8 Å².